The second-order valence-corrected chi connectivity index (χ2v) is 6.95. The zero-order valence-electron chi connectivity index (χ0n) is 17.7. The van der Waals surface area contributed by atoms with Crippen LogP contribution in [0.5, 0.6) is 11.5 Å². The summed E-state index contributed by atoms with van der Waals surface area (Å²) in [5, 5.41) is 11.2. The third-order valence-electron chi connectivity index (χ3n) is 4.87. The number of barbiturate groups is 1. The fourth-order valence-corrected chi connectivity index (χ4v) is 3.18. The SMILES string of the molecule is CCc1ccccc1N1C(=O)NC(=O)/C(=C/c2ccc(O[C@@H](C)C(=O)O)c(OC)c2)C1=O. The summed E-state index contributed by atoms with van der Waals surface area (Å²) >= 11 is 0. The molecule has 0 unspecified atom stereocenters. The number of aliphatic carboxylic acids is 1. The number of hydrogen-bond donors (Lipinski definition) is 2. The maximum Gasteiger partial charge on any atom is 0.344 e. The predicted molar refractivity (Wildman–Crippen MR) is 116 cm³/mol. The predicted octanol–water partition coefficient (Wildman–Crippen LogP) is 2.78. The highest BCUT2D eigenvalue weighted by Crippen LogP contribution is 2.31. The number of carbonyl (C=O) groups excluding carboxylic acids is 3. The Morgan fingerprint density at radius 2 is 1.88 bits per heavy atom. The summed E-state index contributed by atoms with van der Waals surface area (Å²) in [4.78, 5) is 50.0. The molecule has 1 atom stereocenters. The molecule has 2 aromatic rings. The smallest absolute Gasteiger partial charge is 0.344 e. The molecule has 9 heteroatoms. The molecule has 9 nitrogen and oxygen atoms in total. The van der Waals surface area contributed by atoms with Gasteiger partial charge in [0.05, 0.1) is 12.8 Å². The van der Waals surface area contributed by atoms with Crippen LogP contribution in [0, 0.1) is 0 Å². The Morgan fingerprint density at radius 3 is 2.53 bits per heavy atom. The van der Waals surface area contributed by atoms with Crippen LogP contribution in [0.15, 0.2) is 48.0 Å². The van der Waals surface area contributed by atoms with E-state index in [9.17, 15) is 19.2 Å². The van der Waals surface area contributed by atoms with Gasteiger partial charge in [0.2, 0.25) is 0 Å². The number of nitrogens with zero attached hydrogens (tertiary/aromatic N) is 1. The number of carboxylic acid groups (broad SMARTS) is 1. The van der Waals surface area contributed by atoms with E-state index < -0.39 is 29.9 Å². The van der Waals surface area contributed by atoms with Crippen LogP contribution >= 0.6 is 0 Å². The van der Waals surface area contributed by atoms with Crippen molar-refractivity contribution in [1.82, 2.24) is 5.32 Å². The highest BCUT2D eigenvalue weighted by molar-refractivity contribution is 6.39. The van der Waals surface area contributed by atoms with Gasteiger partial charge in [-0.05, 0) is 48.7 Å². The average Bonchev–Trinajstić information content (AvgIpc) is 2.77. The Hall–Kier alpha value is -4.14. The van der Waals surface area contributed by atoms with Gasteiger partial charge in [0.25, 0.3) is 11.8 Å². The number of carboxylic acids is 1. The number of anilines is 1. The number of imide groups is 2. The first kappa shape index (κ1) is 22.5. The molecule has 166 valence electrons. The number of urea groups is 1. The zero-order chi connectivity index (χ0) is 23.4. The van der Waals surface area contributed by atoms with E-state index in [2.05, 4.69) is 5.32 Å². The van der Waals surface area contributed by atoms with Crippen molar-refractivity contribution >= 4 is 35.6 Å². The number of ether oxygens (including phenoxy) is 2. The van der Waals surface area contributed by atoms with Crippen LogP contribution in [0.2, 0.25) is 0 Å². The molecule has 0 aromatic heterocycles. The lowest BCUT2D eigenvalue weighted by molar-refractivity contribution is -0.144. The van der Waals surface area contributed by atoms with Crippen molar-refractivity contribution in [3.63, 3.8) is 0 Å². The molecular weight excluding hydrogens is 416 g/mol. The van der Waals surface area contributed by atoms with Crippen LogP contribution in [0.3, 0.4) is 0 Å². The monoisotopic (exact) mass is 438 g/mol. The molecule has 1 aliphatic heterocycles. The minimum Gasteiger partial charge on any atom is -0.493 e. The number of hydrogen-bond acceptors (Lipinski definition) is 6. The molecule has 0 spiro atoms. The Balaban J connectivity index is 1.98. The summed E-state index contributed by atoms with van der Waals surface area (Å²) in [6.45, 7) is 3.27. The molecule has 1 saturated heterocycles. The standard InChI is InChI=1S/C23H22N2O7/c1-4-15-7-5-6-8-17(15)25-21(27)16(20(26)24-23(25)30)11-14-9-10-18(19(12-14)31-3)32-13(2)22(28)29/h5-13H,4H2,1-3H3,(H,28,29)(H,24,26,30)/b16-11-/t13-/m0/s1. The molecule has 2 aromatic carbocycles. The van der Waals surface area contributed by atoms with Gasteiger partial charge < -0.3 is 14.6 Å². The number of rotatable bonds is 7. The number of benzene rings is 2. The van der Waals surface area contributed by atoms with E-state index in [1.54, 1.807) is 30.3 Å². The number of amides is 4. The molecule has 0 radical (unpaired) electrons. The largest absolute Gasteiger partial charge is 0.493 e. The van der Waals surface area contributed by atoms with Gasteiger partial charge in [0.15, 0.2) is 17.6 Å². The van der Waals surface area contributed by atoms with Gasteiger partial charge in [-0.2, -0.15) is 0 Å². The molecule has 32 heavy (non-hydrogen) atoms. The molecule has 0 bridgehead atoms. The van der Waals surface area contributed by atoms with E-state index in [1.807, 2.05) is 6.92 Å². The second-order valence-electron chi connectivity index (χ2n) is 6.95. The topological polar surface area (TPSA) is 122 Å². The summed E-state index contributed by atoms with van der Waals surface area (Å²) in [6.07, 6.45) is 0.823. The van der Waals surface area contributed by atoms with E-state index in [0.717, 1.165) is 10.5 Å². The summed E-state index contributed by atoms with van der Waals surface area (Å²) in [5.41, 5.74) is 1.37. The fourth-order valence-electron chi connectivity index (χ4n) is 3.18. The number of nitrogens with one attached hydrogen (secondary N) is 1. The van der Waals surface area contributed by atoms with Crippen molar-refractivity contribution < 1.29 is 33.8 Å². The van der Waals surface area contributed by atoms with Crippen LogP contribution < -0.4 is 19.7 Å². The molecule has 3 rings (SSSR count). The Bertz CT molecular complexity index is 1120. The molecule has 0 saturated carbocycles. The molecule has 1 aliphatic rings. The molecule has 1 heterocycles. The summed E-state index contributed by atoms with van der Waals surface area (Å²) < 4.78 is 10.6. The van der Waals surface area contributed by atoms with Gasteiger partial charge in [0.1, 0.15) is 5.57 Å². The van der Waals surface area contributed by atoms with E-state index >= 15 is 0 Å². The van der Waals surface area contributed by atoms with Crippen LogP contribution in [0.4, 0.5) is 10.5 Å². The lowest BCUT2D eigenvalue weighted by Crippen LogP contribution is -2.54. The first-order chi connectivity index (χ1) is 15.3. The number of methoxy groups -OCH3 is 1. The Labute approximate surface area is 184 Å². The van der Waals surface area contributed by atoms with Gasteiger partial charge >= 0.3 is 12.0 Å². The van der Waals surface area contributed by atoms with E-state index in [1.165, 1.54) is 32.2 Å². The number of aryl methyl sites for hydroxylation is 1. The normalized spacial score (nSPS) is 16.0. The van der Waals surface area contributed by atoms with E-state index in [-0.39, 0.29) is 17.1 Å². The van der Waals surface area contributed by atoms with Gasteiger partial charge in [-0.1, -0.05) is 31.2 Å². The highest BCUT2D eigenvalue weighted by atomic mass is 16.5. The minimum atomic E-state index is -1.14. The van der Waals surface area contributed by atoms with Crippen molar-refractivity contribution in [2.24, 2.45) is 0 Å². The Morgan fingerprint density at radius 1 is 1.16 bits per heavy atom. The summed E-state index contributed by atoms with van der Waals surface area (Å²) in [6, 6.07) is 10.7. The van der Waals surface area contributed by atoms with Gasteiger partial charge in [0, 0.05) is 0 Å². The van der Waals surface area contributed by atoms with Gasteiger partial charge in [-0.3, -0.25) is 14.9 Å². The maximum atomic E-state index is 13.1. The third kappa shape index (κ3) is 4.46. The van der Waals surface area contributed by atoms with Crippen LogP contribution in [0.25, 0.3) is 6.08 Å². The lowest BCUT2D eigenvalue weighted by atomic mass is 10.0. The van der Waals surface area contributed by atoms with Crippen molar-refractivity contribution in [3.8, 4) is 11.5 Å². The maximum absolute atomic E-state index is 13.1. The minimum absolute atomic E-state index is 0.192. The number of para-hydroxylation sites is 1. The van der Waals surface area contributed by atoms with E-state index in [4.69, 9.17) is 14.6 Å². The van der Waals surface area contributed by atoms with Gasteiger partial charge in [-0.15, -0.1) is 0 Å². The first-order valence-corrected chi connectivity index (χ1v) is 9.83. The summed E-state index contributed by atoms with van der Waals surface area (Å²) in [5.74, 6) is -2.29. The van der Waals surface area contributed by atoms with Crippen LogP contribution in [-0.2, 0) is 20.8 Å². The highest BCUT2D eigenvalue weighted by Gasteiger charge is 2.37. The summed E-state index contributed by atoms with van der Waals surface area (Å²) in [7, 11) is 1.38. The molecule has 0 aliphatic carbocycles. The quantitative estimate of drug-likeness (QED) is 0.503. The number of carbonyl (C=O) groups is 4. The molecule has 4 amide bonds. The molecule has 1 fully saturated rings. The van der Waals surface area contributed by atoms with Crippen molar-refractivity contribution in [1.29, 1.82) is 0 Å². The van der Waals surface area contributed by atoms with Crippen molar-refractivity contribution in [2.45, 2.75) is 26.4 Å². The van der Waals surface area contributed by atoms with Crippen LogP contribution in [0.1, 0.15) is 25.0 Å². The second kappa shape index (κ2) is 9.34. The first-order valence-electron chi connectivity index (χ1n) is 9.83. The molecular formula is C23H22N2O7. The van der Waals surface area contributed by atoms with Gasteiger partial charge in [-0.25, -0.2) is 14.5 Å². The third-order valence-corrected chi connectivity index (χ3v) is 4.87. The van der Waals surface area contributed by atoms with Crippen LogP contribution in [-0.4, -0.2) is 42.1 Å². The van der Waals surface area contributed by atoms with E-state index in [0.29, 0.717) is 17.7 Å². The van der Waals surface area contributed by atoms with Crippen molar-refractivity contribution in [3.05, 3.63) is 59.2 Å². The molecule has 2 N–H and O–H groups in total. The lowest BCUT2D eigenvalue weighted by Gasteiger charge is -2.28. The Kier molecular flexibility index (Phi) is 6.58. The average molecular weight is 438 g/mol. The van der Waals surface area contributed by atoms with Crippen molar-refractivity contribution in [2.75, 3.05) is 12.0 Å². The fraction of sp³-hybridized carbons (Fsp3) is 0.217. The zero-order valence-corrected chi connectivity index (χ0v) is 17.7.